The lowest BCUT2D eigenvalue weighted by molar-refractivity contribution is -0.116. The van der Waals surface area contributed by atoms with Crippen molar-refractivity contribution in [3.8, 4) is 0 Å². The summed E-state index contributed by atoms with van der Waals surface area (Å²) >= 11 is 0. The van der Waals surface area contributed by atoms with Crippen LogP contribution >= 0.6 is 0 Å². The molecule has 3 heteroatoms. The summed E-state index contributed by atoms with van der Waals surface area (Å²) < 4.78 is 6.04. The normalized spacial score (nSPS) is 11.6. The summed E-state index contributed by atoms with van der Waals surface area (Å²) in [6.07, 6.45) is 10.7. The van der Waals surface area contributed by atoms with Crippen molar-refractivity contribution in [2.75, 3.05) is 6.61 Å². The van der Waals surface area contributed by atoms with Gasteiger partial charge in [0.25, 0.3) is 0 Å². The van der Waals surface area contributed by atoms with Gasteiger partial charge in [-0.1, -0.05) is 72.3 Å². The third-order valence-corrected chi connectivity index (χ3v) is 8.87. The summed E-state index contributed by atoms with van der Waals surface area (Å²) in [5, 5.41) is 0. The number of carbonyl (C=O) groups is 1. The average molecular weight is 299 g/mol. The quantitative estimate of drug-likeness (QED) is 0.241. The van der Waals surface area contributed by atoms with E-state index in [9.17, 15) is 4.79 Å². The Balaban J connectivity index is 3.94. The maximum absolute atomic E-state index is 11.3. The van der Waals surface area contributed by atoms with Gasteiger partial charge in [-0.2, -0.15) is 0 Å². The summed E-state index contributed by atoms with van der Waals surface area (Å²) in [7, 11) is -1.67. The van der Waals surface area contributed by atoms with Crippen molar-refractivity contribution >= 4 is 14.1 Å². The molecule has 118 valence electrons. The summed E-state index contributed by atoms with van der Waals surface area (Å²) in [5.41, 5.74) is 0. The second kappa shape index (κ2) is 12.3. The van der Waals surface area contributed by atoms with Crippen LogP contribution in [0, 0.1) is 0 Å². The molecule has 0 heterocycles. The summed E-state index contributed by atoms with van der Waals surface area (Å²) in [4.78, 5) is 11.3. The number of ketones is 1. The minimum atomic E-state index is -1.67. The number of unbranched alkanes of at least 4 members (excludes halogenated alkanes) is 6. The van der Waals surface area contributed by atoms with Gasteiger partial charge in [-0.15, -0.1) is 0 Å². The topological polar surface area (TPSA) is 26.3 Å². The number of carbonyl (C=O) groups excluding carboxylic acids is 1. The van der Waals surface area contributed by atoms with E-state index in [4.69, 9.17) is 4.43 Å². The van der Waals surface area contributed by atoms with Crippen molar-refractivity contribution < 1.29 is 9.22 Å². The first-order chi connectivity index (χ1) is 9.64. The molecule has 0 N–H and O–H groups in total. The van der Waals surface area contributed by atoms with Crippen molar-refractivity contribution in [3.63, 3.8) is 0 Å². The first kappa shape index (κ1) is 19.6. The lowest BCUT2D eigenvalue weighted by Crippen LogP contribution is -2.38. The van der Waals surface area contributed by atoms with Gasteiger partial charge in [0.05, 0.1) is 6.61 Å². The molecular weight excluding hydrogens is 264 g/mol. The molecule has 0 rings (SSSR count). The number of rotatable bonds is 14. The molecule has 0 saturated carbocycles. The van der Waals surface area contributed by atoms with Crippen LogP contribution in [0.15, 0.2) is 12.7 Å². The van der Waals surface area contributed by atoms with Crippen LogP contribution in [0.3, 0.4) is 0 Å². The molecule has 0 aromatic heterocycles. The largest absolute Gasteiger partial charge is 0.409 e. The van der Waals surface area contributed by atoms with Crippen LogP contribution < -0.4 is 0 Å². The molecule has 0 spiro atoms. The Hall–Kier alpha value is -0.413. The Morgan fingerprint density at radius 1 is 1.00 bits per heavy atom. The van der Waals surface area contributed by atoms with Crippen molar-refractivity contribution in [1.82, 2.24) is 0 Å². The van der Waals surface area contributed by atoms with Gasteiger partial charge in [0.2, 0.25) is 0 Å². The third kappa shape index (κ3) is 8.70. The predicted molar refractivity (Wildman–Crippen MR) is 90.7 cm³/mol. The predicted octanol–water partition coefficient (Wildman–Crippen LogP) is 5.49. The van der Waals surface area contributed by atoms with Crippen molar-refractivity contribution in [1.29, 1.82) is 0 Å². The molecule has 20 heavy (non-hydrogen) atoms. The highest BCUT2D eigenvalue weighted by molar-refractivity contribution is 6.73. The fraction of sp³-hybridized carbons (Fsp3) is 0.824. The monoisotopic (exact) mass is 298 g/mol. The van der Waals surface area contributed by atoms with Gasteiger partial charge in [0, 0.05) is 0 Å². The van der Waals surface area contributed by atoms with E-state index in [1.165, 1.54) is 57.1 Å². The van der Waals surface area contributed by atoms with E-state index in [0.29, 0.717) is 0 Å². The van der Waals surface area contributed by atoms with Gasteiger partial charge in [0.15, 0.2) is 14.1 Å². The zero-order valence-corrected chi connectivity index (χ0v) is 14.9. The van der Waals surface area contributed by atoms with Crippen LogP contribution in [0.4, 0.5) is 0 Å². The van der Waals surface area contributed by atoms with Crippen molar-refractivity contribution in [2.45, 2.75) is 83.8 Å². The molecule has 0 unspecified atom stereocenters. The molecule has 0 aliphatic carbocycles. The summed E-state index contributed by atoms with van der Waals surface area (Å²) in [5.74, 6) is 0.0170. The Morgan fingerprint density at radius 3 is 2.05 bits per heavy atom. The van der Waals surface area contributed by atoms with E-state index < -0.39 is 8.32 Å². The molecule has 0 radical (unpaired) electrons. The van der Waals surface area contributed by atoms with E-state index >= 15 is 0 Å². The van der Waals surface area contributed by atoms with E-state index in [1.54, 1.807) is 0 Å². The van der Waals surface area contributed by atoms with Crippen LogP contribution in [0.25, 0.3) is 0 Å². The smallest absolute Gasteiger partial charge is 0.192 e. The highest BCUT2D eigenvalue weighted by Gasteiger charge is 2.30. The molecule has 0 aliphatic heterocycles. The van der Waals surface area contributed by atoms with Crippen LogP contribution in [0.5, 0.6) is 0 Å². The summed E-state index contributed by atoms with van der Waals surface area (Å²) in [6.45, 7) is 10.4. The highest BCUT2D eigenvalue weighted by Crippen LogP contribution is 2.25. The molecule has 0 aromatic rings. The molecule has 0 aromatic carbocycles. The molecule has 0 atom stereocenters. The first-order valence-electron chi connectivity index (χ1n) is 8.43. The van der Waals surface area contributed by atoms with E-state index in [1.807, 2.05) is 0 Å². The van der Waals surface area contributed by atoms with Crippen LogP contribution in [-0.4, -0.2) is 20.7 Å². The second-order valence-electron chi connectivity index (χ2n) is 5.72. The molecule has 0 fully saturated rings. The fourth-order valence-corrected chi connectivity index (χ4v) is 5.67. The minimum absolute atomic E-state index is 0.0170. The Kier molecular flexibility index (Phi) is 12.1. The first-order valence-corrected chi connectivity index (χ1v) is 11.0. The number of hydrogen-bond acceptors (Lipinski definition) is 2. The minimum Gasteiger partial charge on any atom is -0.409 e. The lowest BCUT2D eigenvalue weighted by Gasteiger charge is -2.29. The van der Waals surface area contributed by atoms with E-state index in [0.717, 1.165) is 12.1 Å². The number of hydrogen-bond donors (Lipinski definition) is 0. The zero-order valence-electron chi connectivity index (χ0n) is 13.9. The average Bonchev–Trinajstić information content (AvgIpc) is 2.49. The standard InChI is InChI=1S/C17H34O2Si/c1-5-9-10-11-12-13-14-15-20(7-3,8-4)19-16-17(18)6-2/h6H,2,5,7-16H2,1,3-4H3. The van der Waals surface area contributed by atoms with Crippen molar-refractivity contribution in [3.05, 3.63) is 12.7 Å². The van der Waals surface area contributed by atoms with Gasteiger partial charge in [-0.3, -0.25) is 4.79 Å². The van der Waals surface area contributed by atoms with Gasteiger partial charge < -0.3 is 4.43 Å². The van der Waals surface area contributed by atoms with E-state index in [2.05, 4.69) is 27.4 Å². The van der Waals surface area contributed by atoms with Crippen molar-refractivity contribution in [2.24, 2.45) is 0 Å². The van der Waals surface area contributed by atoms with Crippen LogP contribution in [-0.2, 0) is 9.22 Å². The second-order valence-corrected chi connectivity index (χ2v) is 10.3. The molecule has 0 amide bonds. The highest BCUT2D eigenvalue weighted by atomic mass is 28.4. The molecular formula is C17H34O2Si. The van der Waals surface area contributed by atoms with Gasteiger partial charge in [0.1, 0.15) is 0 Å². The lowest BCUT2D eigenvalue weighted by atomic mass is 10.1. The van der Waals surface area contributed by atoms with Gasteiger partial charge >= 0.3 is 0 Å². The van der Waals surface area contributed by atoms with E-state index in [-0.39, 0.29) is 12.4 Å². The Bertz CT molecular complexity index is 260. The maximum Gasteiger partial charge on any atom is 0.192 e. The molecule has 0 aliphatic rings. The van der Waals surface area contributed by atoms with Crippen LogP contribution in [0.1, 0.15) is 65.7 Å². The fourth-order valence-electron chi connectivity index (χ4n) is 2.57. The van der Waals surface area contributed by atoms with Gasteiger partial charge in [-0.25, -0.2) is 0 Å². The molecule has 0 saturated heterocycles. The summed E-state index contributed by atoms with van der Waals surface area (Å²) in [6, 6.07) is 3.44. The molecule has 0 bridgehead atoms. The maximum atomic E-state index is 11.3. The van der Waals surface area contributed by atoms with Crippen LogP contribution in [0.2, 0.25) is 18.1 Å². The Labute approximate surface area is 127 Å². The SMILES string of the molecule is C=CC(=O)CO[Si](CC)(CC)CCCCCCCCC. The third-order valence-electron chi connectivity index (χ3n) is 4.27. The Morgan fingerprint density at radius 2 is 1.55 bits per heavy atom. The zero-order chi connectivity index (χ0) is 15.3. The van der Waals surface area contributed by atoms with Gasteiger partial charge in [-0.05, 0) is 24.2 Å². The molecule has 2 nitrogen and oxygen atoms in total.